The lowest BCUT2D eigenvalue weighted by Gasteiger charge is -2.39. The van der Waals surface area contributed by atoms with Gasteiger partial charge in [-0.15, -0.1) is 0 Å². The molecule has 32 heavy (non-hydrogen) atoms. The molecule has 1 rings (SSSR count). The third-order valence-corrected chi connectivity index (χ3v) is 5.11. The lowest BCUT2D eigenvalue weighted by molar-refractivity contribution is -0.192. The Morgan fingerprint density at radius 2 is 1.78 bits per heavy atom. The van der Waals surface area contributed by atoms with Gasteiger partial charge in [0.2, 0.25) is 11.8 Å². The van der Waals surface area contributed by atoms with Gasteiger partial charge >= 0.3 is 20.4 Å². The predicted octanol–water partition coefficient (Wildman–Crippen LogP) is 2.02. The minimum atomic E-state index is -5.08. The maximum absolute atomic E-state index is 12.8. The number of carbonyl (C=O) groups is 3. The first kappa shape index (κ1) is 30.3. The van der Waals surface area contributed by atoms with Crippen LogP contribution in [0, 0.1) is 5.41 Å². The van der Waals surface area contributed by atoms with E-state index < -0.39 is 44.1 Å². The Labute approximate surface area is 185 Å². The fraction of sp³-hybridized carbons (Fsp3) is 0.833. The summed E-state index contributed by atoms with van der Waals surface area (Å²) in [5.41, 5.74) is 5.68. The number of hydrogen-bond acceptors (Lipinski definition) is 6. The smallest absolute Gasteiger partial charge is 0.475 e. The number of alkyl halides is 3. The van der Waals surface area contributed by atoms with Gasteiger partial charge in [-0.2, -0.15) is 13.2 Å². The summed E-state index contributed by atoms with van der Waals surface area (Å²) >= 11 is 0. The van der Waals surface area contributed by atoms with Crippen LogP contribution in [0.3, 0.4) is 0 Å². The second-order valence-electron chi connectivity index (χ2n) is 8.36. The summed E-state index contributed by atoms with van der Waals surface area (Å²) in [6, 6.07) is -1.32. The van der Waals surface area contributed by atoms with Crippen LogP contribution in [-0.2, 0) is 23.5 Å². The normalized spacial score (nSPS) is 19.8. The van der Waals surface area contributed by atoms with E-state index in [9.17, 15) is 27.3 Å². The van der Waals surface area contributed by atoms with E-state index in [1.807, 2.05) is 27.7 Å². The Kier molecular flexibility index (Phi) is 12.4. The summed E-state index contributed by atoms with van der Waals surface area (Å²) in [7, 11) is -3.16. The minimum absolute atomic E-state index is 0.240. The number of amides is 2. The van der Waals surface area contributed by atoms with Crippen molar-refractivity contribution in [3.8, 4) is 0 Å². The molecule has 1 saturated heterocycles. The Bertz CT molecular complexity index is 671. The van der Waals surface area contributed by atoms with E-state index in [1.54, 1.807) is 4.90 Å². The number of hydrogen-bond donors (Lipinski definition) is 4. The van der Waals surface area contributed by atoms with Crippen LogP contribution < -0.4 is 11.1 Å². The molecule has 0 aliphatic carbocycles. The van der Waals surface area contributed by atoms with Gasteiger partial charge in [-0.05, 0) is 31.1 Å². The molecule has 1 aliphatic rings. The summed E-state index contributed by atoms with van der Waals surface area (Å²) in [4.78, 5) is 44.8. The van der Waals surface area contributed by atoms with E-state index >= 15 is 0 Å². The monoisotopic (exact) mass is 491 g/mol. The van der Waals surface area contributed by atoms with Crippen LogP contribution >= 0.6 is 8.25 Å². The number of piperidine rings is 1. The van der Waals surface area contributed by atoms with E-state index in [0.29, 0.717) is 25.8 Å². The van der Waals surface area contributed by atoms with Crippen LogP contribution in [0.5, 0.6) is 0 Å². The molecule has 2 amide bonds. The molecule has 0 aromatic carbocycles. The van der Waals surface area contributed by atoms with Crippen molar-refractivity contribution in [2.24, 2.45) is 11.1 Å². The Balaban J connectivity index is 0.00000118. The topological polar surface area (TPSA) is 159 Å². The molecule has 0 saturated carbocycles. The summed E-state index contributed by atoms with van der Waals surface area (Å²) in [5, 5.41) is 9.78. The summed E-state index contributed by atoms with van der Waals surface area (Å²) < 4.78 is 47.6. The number of carbonyl (C=O) groups excluding carboxylic acids is 2. The van der Waals surface area contributed by atoms with Crippen LogP contribution in [0.4, 0.5) is 13.2 Å². The third kappa shape index (κ3) is 10.8. The predicted molar refractivity (Wildman–Crippen MR) is 110 cm³/mol. The molecule has 1 aliphatic heterocycles. The number of rotatable bonds is 7. The molecular weight excluding hydrogens is 458 g/mol. The van der Waals surface area contributed by atoms with E-state index in [-0.39, 0.29) is 11.8 Å². The molecule has 0 radical (unpaired) electrons. The first-order chi connectivity index (χ1) is 14.5. The number of aliphatic carboxylic acids is 1. The van der Waals surface area contributed by atoms with Gasteiger partial charge in [-0.1, -0.05) is 34.1 Å². The molecule has 0 spiro atoms. The second-order valence-corrected chi connectivity index (χ2v) is 9.13. The first-order valence-corrected chi connectivity index (χ1v) is 11.3. The highest BCUT2D eigenvalue weighted by Crippen LogP contribution is 2.25. The summed E-state index contributed by atoms with van der Waals surface area (Å²) in [6.45, 7) is 8.03. The van der Waals surface area contributed by atoms with Crippen molar-refractivity contribution in [1.29, 1.82) is 0 Å². The van der Waals surface area contributed by atoms with Gasteiger partial charge < -0.3 is 26.0 Å². The quantitative estimate of drug-likeness (QED) is 0.311. The van der Waals surface area contributed by atoms with Crippen LogP contribution in [0.2, 0.25) is 0 Å². The molecule has 1 unspecified atom stereocenters. The lowest BCUT2D eigenvalue weighted by atomic mass is 9.85. The average molecular weight is 491 g/mol. The molecule has 188 valence electrons. The zero-order valence-electron chi connectivity index (χ0n) is 18.6. The minimum Gasteiger partial charge on any atom is -0.475 e. The Hall–Kier alpha value is -1.69. The second kappa shape index (κ2) is 13.1. The Morgan fingerprint density at radius 3 is 2.19 bits per heavy atom. The number of nitrogens with two attached hydrogens (primary N) is 1. The highest BCUT2D eigenvalue weighted by Gasteiger charge is 2.39. The average Bonchev–Trinajstić information content (AvgIpc) is 2.65. The SMILES string of the molecule is CCC[C@H](NC(=O)[C@@H]1CCCCN1C(=O)[C@@H](N)C(C)(C)C)O[PH](=O)O.O=C(O)C(F)(F)F. The van der Waals surface area contributed by atoms with Crippen LogP contribution in [0.25, 0.3) is 0 Å². The standard InChI is InChI=1S/C16H32N3O5P.C2HF3O2/c1-5-8-12(24-25(22)23)18-14(20)11-9-6-7-10-19(11)15(21)13(17)16(2,3)4;3-2(4,5)1(6)7/h11-13,25H,5-10,17H2,1-4H3,(H,18,20)(H,22,23);(H,6,7)/t11-,12+,13+;/m0./s1. The van der Waals surface area contributed by atoms with Crippen molar-refractivity contribution in [1.82, 2.24) is 10.2 Å². The molecule has 1 heterocycles. The van der Waals surface area contributed by atoms with Gasteiger partial charge in [0.15, 0.2) is 0 Å². The molecule has 10 nitrogen and oxygen atoms in total. The van der Waals surface area contributed by atoms with Gasteiger partial charge in [-0.3, -0.25) is 18.7 Å². The van der Waals surface area contributed by atoms with Gasteiger partial charge in [0, 0.05) is 6.54 Å². The largest absolute Gasteiger partial charge is 0.490 e. The molecule has 0 aromatic heterocycles. The summed E-state index contributed by atoms with van der Waals surface area (Å²) in [5.74, 6) is -3.36. The van der Waals surface area contributed by atoms with Gasteiger partial charge in [-0.25, -0.2) is 4.79 Å². The van der Waals surface area contributed by atoms with Crippen LogP contribution in [0.15, 0.2) is 0 Å². The van der Waals surface area contributed by atoms with Crippen molar-refractivity contribution < 1.29 is 46.6 Å². The van der Waals surface area contributed by atoms with Gasteiger partial charge in [0.05, 0.1) is 6.04 Å². The van der Waals surface area contributed by atoms with Crippen LogP contribution in [0.1, 0.15) is 59.8 Å². The zero-order valence-corrected chi connectivity index (χ0v) is 19.6. The van der Waals surface area contributed by atoms with Gasteiger partial charge in [0.1, 0.15) is 12.3 Å². The molecule has 0 aromatic rings. The molecule has 14 heteroatoms. The molecule has 5 N–H and O–H groups in total. The number of carboxylic acid groups (broad SMARTS) is 1. The van der Waals surface area contributed by atoms with Crippen molar-refractivity contribution in [3.05, 3.63) is 0 Å². The molecular formula is C18H33F3N3O7P. The maximum Gasteiger partial charge on any atom is 0.490 e. The number of halogens is 3. The molecule has 1 fully saturated rings. The highest BCUT2D eigenvalue weighted by atomic mass is 31.1. The third-order valence-electron chi connectivity index (χ3n) is 4.63. The van der Waals surface area contributed by atoms with Crippen molar-refractivity contribution in [2.75, 3.05) is 6.54 Å². The fourth-order valence-corrected chi connectivity index (χ4v) is 3.24. The van der Waals surface area contributed by atoms with Crippen molar-refractivity contribution >= 4 is 26.0 Å². The van der Waals surface area contributed by atoms with E-state index in [2.05, 4.69) is 5.32 Å². The maximum atomic E-state index is 12.8. The zero-order chi connectivity index (χ0) is 25.3. The Morgan fingerprint density at radius 1 is 1.25 bits per heavy atom. The number of likely N-dealkylation sites (tertiary alicyclic amines) is 1. The number of carboxylic acids is 1. The highest BCUT2D eigenvalue weighted by molar-refractivity contribution is 7.32. The molecule has 4 atom stereocenters. The number of nitrogens with one attached hydrogen (secondary N) is 1. The van der Waals surface area contributed by atoms with Crippen LogP contribution in [-0.4, -0.2) is 63.7 Å². The molecule has 0 bridgehead atoms. The summed E-state index contributed by atoms with van der Waals surface area (Å²) in [6.07, 6.45) is -2.60. The van der Waals surface area contributed by atoms with E-state index in [1.165, 1.54) is 0 Å². The van der Waals surface area contributed by atoms with Gasteiger partial charge in [0.25, 0.3) is 0 Å². The first-order valence-electron chi connectivity index (χ1n) is 10.1. The van der Waals surface area contributed by atoms with Crippen molar-refractivity contribution in [3.63, 3.8) is 0 Å². The van der Waals surface area contributed by atoms with E-state index in [4.69, 9.17) is 25.1 Å². The van der Waals surface area contributed by atoms with Crippen molar-refractivity contribution in [2.45, 2.75) is 84.3 Å². The van der Waals surface area contributed by atoms with E-state index in [0.717, 1.165) is 12.8 Å². The fourth-order valence-electron chi connectivity index (χ4n) is 2.82. The number of nitrogens with zero attached hydrogens (tertiary/aromatic N) is 1. The lowest BCUT2D eigenvalue weighted by Crippen LogP contribution is -2.59.